The smallest absolute Gasteiger partial charge is 0.378 e. The molecule has 10 heteroatoms. The fraction of sp³-hybridized carbons (Fsp3) is 0.263. The van der Waals surface area contributed by atoms with Crippen LogP contribution in [0.15, 0.2) is 36.5 Å². The van der Waals surface area contributed by atoms with Crippen molar-refractivity contribution in [2.75, 3.05) is 16.8 Å². The molecule has 2 amide bonds. The summed E-state index contributed by atoms with van der Waals surface area (Å²) in [5, 5.41) is 6.83. The Labute approximate surface area is 165 Å². The molecule has 29 heavy (non-hydrogen) atoms. The Bertz CT molecular complexity index is 1150. The fourth-order valence-electron chi connectivity index (χ4n) is 3.15. The van der Waals surface area contributed by atoms with Crippen molar-refractivity contribution in [2.45, 2.75) is 26.3 Å². The Morgan fingerprint density at radius 1 is 1.21 bits per heavy atom. The molecule has 1 N–H and O–H groups in total. The third kappa shape index (κ3) is 3.08. The van der Waals surface area contributed by atoms with Gasteiger partial charge in [0, 0.05) is 11.9 Å². The number of rotatable bonds is 3. The average molecular weight is 394 g/mol. The van der Waals surface area contributed by atoms with Crippen molar-refractivity contribution in [3.8, 4) is 0 Å². The second-order valence-electron chi connectivity index (χ2n) is 7.07. The van der Waals surface area contributed by atoms with Crippen LogP contribution in [-0.4, -0.2) is 49.5 Å². The first-order valence-corrected chi connectivity index (χ1v) is 8.88. The first kappa shape index (κ1) is 18.5. The van der Waals surface area contributed by atoms with Crippen molar-refractivity contribution in [2.24, 2.45) is 0 Å². The maximum Gasteiger partial charge on any atom is 0.378 e. The van der Waals surface area contributed by atoms with Gasteiger partial charge in [-0.25, -0.2) is 14.3 Å². The molecule has 0 saturated carbocycles. The molecule has 0 atom stereocenters. The molecule has 148 valence electrons. The number of carbonyl (C=O) groups excluding carboxylic acids is 3. The second-order valence-corrected chi connectivity index (χ2v) is 7.07. The summed E-state index contributed by atoms with van der Waals surface area (Å²) in [5.74, 6) is -1.67. The number of anilines is 2. The molecule has 1 aromatic carbocycles. The molecule has 0 fully saturated rings. The van der Waals surface area contributed by atoms with Crippen LogP contribution < -0.4 is 10.2 Å². The van der Waals surface area contributed by atoms with E-state index in [-0.39, 0.29) is 17.5 Å². The van der Waals surface area contributed by atoms with Crippen LogP contribution in [0.25, 0.3) is 5.78 Å². The molecule has 3 heterocycles. The van der Waals surface area contributed by atoms with Gasteiger partial charge >= 0.3 is 5.97 Å². The quantitative estimate of drug-likeness (QED) is 0.666. The van der Waals surface area contributed by atoms with Gasteiger partial charge in [-0.15, -0.1) is 5.10 Å². The number of carbonyl (C=O) groups is 3. The lowest BCUT2D eigenvalue weighted by Crippen LogP contribution is -2.59. The summed E-state index contributed by atoms with van der Waals surface area (Å²) >= 11 is 0. The normalized spacial score (nSPS) is 15.0. The number of ether oxygens (including phenoxy) is 1. The highest BCUT2D eigenvalue weighted by Crippen LogP contribution is 2.36. The summed E-state index contributed by atoms with van der Waals surface area (Å²) in [6.45, 7) is 4.47. The van der Waals surface area contributed by atoms with Crippen LogP contribution in [0.5, 0.6) is 0 Å². The largest absolute Gasteiger partial charge is 0.450 e. The molecule has 0 spiro atoms. The minimum absolute atomic E-state index is 0.198. The predicted molar refractivity (Wildman–Crippen MR) is 102 cm³/mol. The molecule has 0 radical (unpaired) electrons. The molecule has 1 aliphatic rings. The number of hydrogen-bond donors (Lipinski definition) is 1. The van der Waals surface area contributed by atoms with Crippen molar-refractivity contribution >= 4 is 34.9 Å². The van der Waals surface area contributed by atoms with Gasteiger partial charge in [0.15, 0.2) is 6.61 Å². The Kier molecular flexibility index (Phi) is 4.26. The van der Waals surface area contributed by atoms with Gasteiger partial charge < -0.3 is 10.1 Å². The lowest BCUT2D eigenvalue weighted by atomic mass is 9.96. The van der Waals surface area contributed by atoms with E-state index in [1.54, 1.807) is 57.3 Å². The number of nitrogens with zero attached hydrogens (tertiary/aromatic N) is 5. The van der Waals surface area contributed by atoms with Gasteiger partial charge in [0.05, 0.1) is 11.4 Å². The van der Waals surface area contributed by atoms with E-state index in [0.29, 0.717) is 11.4 Å². The van der Waals surface area contributed by atoms with Crippen LogP contribution in [0.1, 0.15) is 30.2 Å². The monoisotopic (exact) mass is 394 g/mol. The second kappa shape index (κ2) is 6.66. The number of esters is 1. The van der Waals surface area contributed by atoms with Crippen molar-refractivity contribution < 1.29 is 19.1 Å². The van der Waals surface area contributed by atoms with E-state index >= 15 is 0 Å². The number of para-hydroxylation sites is 2. The summed E-state index contributed by atoms with van der Waals surface area (Å²) in [7, 11) is 0. The number of hydrogen-bond acceptors (Lipinski definition) is 7. The van der Waals surface area contributed by atoms with Gasteiger partial charge in [0.1, 0.15) is 5.54 Å². The lowest BCUT2D eigenvalue weighted by Gasteiger charge is -2.41. The maximum atomic E-state index is 12.9. The minimum atomic E-state index is -1.15. The highest BCUT2D eigenvalue weighted by molar-refractivity contribution is 6.14. The van der Waals surface area contributed by atoms with Crippen molar-refractivity contribution in [1.82, 2.24) is 19.6 Å². The molecule has 0 aliphatic carbocycles. The van der Waals surface area contributed by atoms with Crippen LogP contribution in [0.2, 0.25) is 0 Å². The first-order chi connectivity index (χ1) is 13.8. The topological polar surface area (TPSA) is 119 Å². The maximum absolute atomic E-state index is 12.9. The van der Waals surface area contributed by atoms with Crippen LogP contribution in [0.3, 0.4) is 0 Å². The van der Waals surface area contributed by atoms with Gasteiger partial charge in [-0.2, -0.15) is 4.98 Å². The zero-order chi connectivity index (χ0) is 20.8. The van der Waals surface area contributed by atoms with Gasteiger partial charge in [-0.3, -0.25) is 14.5 Å². The summed E-state index contributed by atoms with van der Waals surface area (Å²) in [6.07, 6.45) is 1.55. The van der Waals surface area contributed by atoms with Crippen LogP contribution >= 0.6 is 0 Å². The summed E-state index contributed by atoms with van der Waals surface area (Å²) in [6, 6.07) is 8.65. The summed E-state index contributed by atoms with van der Waals surface area (Å²) < 4.78 is 6.54. The predicted octanol–water partition coefficient (Wildman–Crippen LogP) is 1.35. The average Bonchev–Trinajstić information content (AvgIpc) is 3.12. The van der Waals surface area contributed by atoms with Gasteiger partial charge in [0.25, 0.3) is 17.5 Å². The van der Waals surface area contributed by atoms with Crippen molar-refractivity contribution in [3.05, 3.63) is 48.0 Å². The molecule has 0 bridgehead atoms. The molecular weight excluding hydrogens is 376 g/mol. The molecule has 0 saturated heterocycles. The minimum Gasteiger partial charge on any atom is -0.450 e. The van der Waals surface area contributed by atoms with E-state index < -0.39 is 24.0 Å². The lowest BCUT2D eigenvalue weighted by molar-refractivity contribution is -0.128. The van der Waals surface area contributed by atoms with E-state index in [2.05, 4.69) is 20.4 Å². The fourth-order valence-corrected chi connectivity index (χ4v) is 3.15. The zero-order valence-electron chi connectivity index (χ0n) is 16.0. The highest BCUT2D eigenvalue weighted by atomic mass is 16.5. The molecule has 3 aromatic rings. The van der Waals surface area contributed by atoms with Crippen molar-refractivity contribution in [3.63, 3.8) is 0 Å². The van der Waals surface area contributed by atoms with E-state index in [1.165, 1.54) is 9.42 Å². The van der Waals surface area contributed by atoms with Gasteiger partial charge in [-0.05, 0) is 39.0 Å². The number of aromatic nitrogens is 4. The third-order valence-electron chi connectivity index (χ3n) is 4.70. The van der Waals surface area contributed by atoms with E-state index in [1.807, 2.05) is 0 Å². The van der Waals surface area contributed by atoms with Gasteiger partial charge in [-0.1, -0.05) is 12.1 Å². The Balaban J connectivity index is 1.55. The third-order valence-corrected chi connectivity index (χ3v) is 4.70. The summed E-state index contributed by atoms with van der Waals surface area (Å²) in [5.41, 5.74) is 0.638. The molecule has 0 unspecified atom stereocenters. The van der Waals surface area contributed by atoms with E-state index in [4.69, 9.17) is 4.74 Å². The number of fused-ring (bicyclic) bond motifs is 2. The first-order valence-electron chi connectivity index (χ1n) is 8.88. The molecular formula is C19H18N6O4. The van der Waals surface area contributed by atoms with E-state index in [0.717, 1.165) is 5.69 Å². The standard InChI is InChI=1S/C19H18N6O4/c1-11-8-9-20-18-22-15(23-25(11)18)16(27)29-10-14(26)24-13-7-5-4-6-12(13)21-17(28)19(24,2)3/h4-9H,10H2,1-3H3,(H,21,28). The van der Waals surface area contributed by atoms with E-state index in [9.17, 15) is 14.4 Å². The molecule has 10 nitrogen and oxygen atoms in total. The number of aryl methyl sites for hydroxylation is 1. The Morgan fingerprint density at radius 2 is 1.97 bits per heavy atom. The number of amides is 2. The number of nitrogens with one attached hydrogen (secondary N) is 1. The molecule has 4 rings (SSSR count). The van der Waals surface area contributed by atoms with Crippen LogP contribution in [0.4, 0.5) is 11.4 Å². The molecule has 2 aromatic heterocycles. The van der Waals surface area contributed by atoms with Crippen molar-refractivity contribution in [1.29, 1.82) is 0 Å². The molecule has 1 aliphatic heterocycles. The Hall–Kier alpha value is -3.82. The Morgan fingerprint density at radius 3 is 2.72 bits per heavy atom. The number of benzene rings is 1. The van der Waals surface area contributed by atoms with Crippen LogP contribution in [-0.2, 0) is 14.3 Å². The van der Waals surface area contributed by atoms with Crippen LogP contribution in [0, 0.1) is 6.92 Å². The van der Waals surface area contributed by atoms with Gasteiger partial charge in [0.2, 0.25) is 5.91 Å². The summed E-state index contributed by atoms with van der Waals surface area (Å²) in [4.78, 5) is 47.1. The highest BCUT2D eigenvalue weighted by Gasteiger charge is 2.43. The zero-order valence-corrected chi connectivity index (χ0v) is 16.0. The SMILES string of the molecule is Cc1ccnc2nc(C(=O)OCC(=O)N3c4ccccc4NC(=O)C3(C)C)nn12.